The van der Waals surface area contributed by atoms with Crippen LogP contribution in [0.5, 0.6) is 0 Å². The molecule has 0 aliphatic heterocycles. The van der Waals surface area contributed by atoms with Crippen LogP contribution in [0.25, 0.3) is 87.6 Å². The van der Waals surface area contributed by atoms with E-state index in [9.17, 15) is 0 Å². The first-order valence-electron chi connectivity index (χ1n) is 15.8. The highest BCUT2D eigenvalue weighted by Gasteiger charge is 2.19. The Morgan fingerprint density at radius 2 is 0.870 bits per heavy atom. The van der Waals surface area contributed by atoms with Gasteiger partial charge in [0.05, 0.1) is 0 Å². The van der Waals surface area contributed by atoms with Crippen LogP contribution in [-0.2, 0) is 0 Å². The van der Waals surface area contributed by atoms with Crippen LogP contribution >= 0.6 is 0 Å². The SMILES string of the molecule is c1ccc(-c2ccc(-c3c4ccccc4c(-c4ccc5ccccc5c4)c4ccccc34)c3ccc(-c4ccncc4)cc23)cc1. The summed E-state index contributed by atoms with van der Waals surface area (Å²) in [6, 6.07) is 59.8. The van der Waals surface area contributed by atoms with Crippen LogP contribution in [0.4, 0.5) is 0 Å². The molecule has 46 heavy (non-hydrogen) atoms. The van der Waals surface area contributed by atoms with Crippen molar-refractivity contribution in [3.05, 3.63) is 176 Å². The van der Waals surface area contributed by atoms with Crippen molar-refractivity contribution in [2.75, 3.05) is 0 Å². The van der Waals surface area contributed by atoms with Crippen LogP contribution in [0.2, 0.25) is 0 Å². The summed E-state index contributed by atoms with van der Waals surface area (Å²) in [5.74, 6) is 0. The second kappa shape index (κ2) is 10.8. The highest BCUT2D eigenvalue weighted by molar-refractivity contribution is 6.24. The van der Waals surface area contributed by atoms with E-state index >= 15 is 0 Å². The molecule has 214 valence electrons. The van der Waals surface area contributed by atoms with Gasteiger partial charge < -0.3 is 0 Å². The van der Waals surface area contributed by atoms with E-state index in [1.807, 2.05) is 12.4 Å². The number of fused-ring (bicyclic) bond motifs is 4. The number of hydrogen-bond donors (Lipinski definition) is 0. The van der Waals surface area contributed by atoms with Gasteiger partial charge in [0.2, 0.25) is 0 Å². The standard InChI is InChI=1S/C45H29N/c1-2-11-32(12-3-1)36-22-23-42(37-21-20-34(29-43(36)37)31-24-26-46-27-25-31)45-40-16-8-6-14-38(40)44(39-15-7-9-17-41(39)45)35-19-18-30-10-4-5-13-33(30)28-35/h1-29H. The van der Waals surface area contributed by atoms with Gasteiger partial charge in [-0.1, -0.05) is 140 Å². The molecule has 0 saturated carbocycles. The number of rotatable bonds is 4. The predicted octanol–water partition coefficient (Wildman–Crippen LogP) is 12.4. The second-order valence-electron chi connectivity index (χ2n) is 11.9. The average Bonchev–Trinajstić information content (AvgIpc) is 3.14. The van der Waals surface area contributed by atoms with Gasteiger partial charge in [-0.05, 0) is 112 Å². The zero-order chi connectivity index (χ0) is 30.5. The molecule has 1 nitrogen and oxygen atoms in total. The molecule has 9 aromatic rings. The molecule has 0 spiro atoms. The maximum absolute atomic E-state index is 4.25. The van der Waals surface area contributed by atoms with Crippen molar-refractivity contribution in [1.29, 1.82) is 0 Å². The number of pyridine rings is 1. The third-order valence-electron chi connectivity index (χ3n) is 9.35. The van der Waals surface area contributed by atoms with Gasteiger partial charge in [0.1, 0.15) is 0 Å². The minimum atomic E-state index is 1.16. The van der Waals surface area contributed by atoms with Gasteiger partial charge >= 0.3 is 0 Å². The topological polar surface area (TPSA) is 12.9 Å². The first-order chi connectivity index (χ1) is 22.8. The monoisotopic (exact) mass is 583 g/mol. The molecule has 0 bridgehead atoms. The molecule has 1 heterocycles. The quantitative estimate of drug-likeness (QED) is 0.188. The number of benzene rings is 8. The van der Waals surface area contributed by atoms with E-state index in [1.54, 1.807) is 0 Å². The molecule has 9 rings (SSSR count). The molecule has 0 unspecified atom stereocenters. The Morgan fingerprint density at radius 3 is 1.59 bits per heavy atom. The minimum Gasteiger partial charge on any atom is -0.265 e. The maximum atomic E-state index is 4.25. The molecular weight excluding hydrogens is 555 g/mol. The van der Waals surface area contributed by atoms with Crippen LogP contribution in [0.1, 0.15) is 0 Å². The lowest BCUT2D eigenvalue weighted by Gasteiger charge is -2.20. The summed E-state index contributed by atoms with van der Waals surface area (Å²) in [5.41, 5.74) is 9.84. The van der Waals surface area contributed by atoms with Crippen molar-refractivity contribution >= 4 is 43.1 Å². The molecule has 8 aromatic carbocycles. The molecule has 0 aliphatic rings. The third-order valence-corrected chi connectivity index (χ3v) is 9.35. The highest BCUT2D eigenvalue weighted by atomic mass is 14.6. The summed E-state index contributed by atoms with van der Waals surface area (Å²) >= 11 is 0. The van der Waals surface area contributed by atoms with Crippen LogP contribution < -0.4 is 0 Å². The van der Waals surface area contributed by atoms with Gasteiger partial charge in [-0.2, -0.15) is 0 Å². The first-order valence-corrected chi connectivity index (χ1v) is 15.8. The van der Waals surface area contributed by atoms with E-state index in [0.717, 1.165) is 5.56 Å². The fourth-order valence-electron chi connectivity index (χ4n) is 7.23. The fourth-order valence-corrected chi connectivity index (χ4v) is 7.23. The van der Waals surface area contributed by atoms with Crippen molar-refractivity contribution in [3.8, 4) is 44.5 Å². The smallest absolute Gasteiger partial charge is 0.0273 e. The first kappa shape index (κ1) is 26.4. The van der Waals surface area contributed by atoms with Gasteiger partial charge in [-0.15, -0.1) is 0 Å². The number of nitrogens with zero attached hydrogens (tertiary/aromatic N) is 1. The van der Waals surface area contributed by atoms with Gasteiger partial charge in [0.25, 0.3) is 0 Å². The van der Waals surface area contributed by atoms with Crippen molar-refractivity contribution in [1.82, 2.24) is 4.98 Å². The van der Waals surface area contributed by atoms with Crippen molar-refractivity contribution in [2.45, 2.75) is 0 Å². The molecule has 0 radical (unpaired) electrons. The Balaban J connectivity index is 1.37. The molecular formula is C45H29N. The Hall–Kier alpha value is -6.05. The zero-order valence-electron chi connectivity index (χ0n) is 25.2. The van der Waals surface area contributed by atoms with Gasteiger partial charge in [0, 0.05) is 12.4 Å². The summed E-state index contributed by atoms with van der Waals surface area (Å²) < 4.78 is 0. The summed E-state index contributed by atoms with van der Waals surface area (Å²) in [6.45, 7) is 0. The fraction of sp³-hybridized carbons (Fsp3) is 0. The lowest BCUT2D eigenvalue weighted by Crippen LogP contribution is -1.93. The Bertz CT molecular complexity index is 2510. The van der Waals surface area contributed by atoms with E-state index in [0.29, 0.717) is 0 Å². The summed E-state index contributed by atoms with van der Waals surface area (Å²) in [5, 5.41) is 10.0. The van der Waals surface area contributed by atoms with E-state index in [1.165, 1.54) is 82.0 Å². The lowest BCUT2D eigenvalue weighted by molar-refractivity contribution is 1.33. The Labute approximate surface area is 268 Å². The summed E-state index contributed by atoms with van der Waals surface area (Å²) in [6.07, 6.45) is 3.73. The minimum absolute atomic E-state index is 1.16. The number of aromatic nitrogens is 1. The highest BCUT2D eigenvalue weighted by Crippen LogP contribution is 2.47. The molecule has 1 heteroatoms. The zero-order valence-corrected chi connectivity index (χ0v) is 25.2. The molecule has 0 N–H and O–H groups in total. The van der Waals surface area contributed by atoms with Gasteiger partial charge in [-0.3, -0.25) is 4.98 Å². The van der Waals surface area contributed by atoms with Crippen LogP contribution in [0.3, 0.4) is 0 Å². The molecule has 1 aromatic heterocycles. The van der Waals surface area contributed by atoms with E-state index in [4.69, 9.17) is 0 Å². The summed E-state index contributed by atoms with van der Waals surface area (Å²) in [4.78, 5) is 4.25. The molecule has 0 amide bonds. The molecule has 0 saturated heterocycles. The number of hydrogen-bond acceptors (Lipinski definition) is 1. The molecule has 0 aliphatic carbocycles. The van der Waals surface area contributed by atoms with E-state index in [-0.39, 0.29) is 0 Å². The predicted molar refractivity (Wildman–Crippen MR) is 196 cm³/mol. The molecule has 0 fully saturated rings. The van der Waals surface area contributed by atoms with Gasteiger partial charge in [0.15, 0.2) is 0 Å². The normalized spacial score (nSPS) is 11.5. The Kier molecular flexibility index (Phi) is 6.21. The van der Waals surface area contributed by atoms with E-state index < -0.39 is 0 Å². The van der Waals surface area contributed by atoms with Crippen molar-refractivity contribution in [3.63, 3.8) is 0 Å². The maximum Gasteiger partial charge on any atom is 0.0273 e. The van der Waals surface area contributed by atoms with Crippen LogP contribution in [-0.4, -0.2) is 4.98 Å². The van der Waals surface area contributed by atoms with E-state index in [2.05, 4.69) is 169 Å². The van der Waals surface area contributed by atoms with Gasteiger partial charge in [-0.25, -0.2) is 0 Å². The largest absolute Gasteiger partial charge is 0.265 e. The van der Waals surface area contributed by atoms with Crippen LogP contribution in [0, 0.1) is 0 Å². The average molecular weight is 584 g/mol. The van der Waals surface area contributed by atoms with Crippen molar-refractivity contribution < 1.29 is 0 Å². The second-order valence-corrected chi connectivity index (χ2v) is 11.9. The summed E-state index contributed by atoms with van der Waals surface area (Å²) in [7, 11) is 0. The Morgan fingerprint density at radius 1 is 0.283 bits per heavy atom. The van der Waals surface area contributed by atoms with Crippen LogP contribution in [0.15, 0.2) is 176 Å². The third kappa shape index (κ3) is 4.29. The molecule has 0 atom stereocenters. The lowest BCUT2D eigenvalue weighted by atomic mass is 9.83. The van der Waals surface area contributed by atoms with Crippen molar-refractivity contribution in [2.24, 2.45) is 0 Å².